The van der Waals surface area contributed by atoms with Gasteiger partial charge < -0.3 is 16.0 Å². The Kier molecular flexibility index (Phi) is 7.36. The molecule has 2 heterocycles. The van der Waals surface area contributed by atoms with Crippen molar-refractivity contribution in [2.24, 2.45) is 7.05 Å². The van der Waals surface area contributed by atoms with E-state index in [1.165, 1.54) is 0 Å². The summed E-state index contributed by atoms with van der Waals surface area (Å²) in [6, 6.07) is 4.43. The second kappa shape index (κ2) is 10.3. The van der Waals surface area contributed by atoms with Crippen LogP contribution in [0, 0.1) is 0 Å². The molecule has 35 heavy (non-hydrogen) atoms. The predicted octanol–water partition coefficient (Wildman–Crippen LogP) is 5.33. The molecular weight excluding hydrogens is 506 g/mol. The number of nitrogens with one attached hydrogen (secondary N) is 3. The van der Waals surface area contributed by atoms with Gasteiger partial charge in [0.1, 0.15) is 5.82 Å². The molecular formula is C22H22Cl2F3N7O. The lowest BCUT2D eigenvalue weighted by Gasteiger charge is -2.30. The fourth-order valence-electron chi connectivity index (χ4n) is 3.92. The maximum atomic E-state index is 12.5. The van der Waals surface area contributed by atoms with Crippen LogP contribution >= 0.6 is 23.2 Å². The van der Waals surface area contributed by atoms with E-state index in [0.29, 0.717) is 53.2 Å². The topological polar surface area (TPSA) is 96.8 Å². The number of hydrogen-bond acceptors (Lipinski definition) is 6. The Bertz CT molecular complexity index is 1190. The second-order valence-electron chi connectivity index (χ2n) is 8.31. The third-order valence-corrected chi connectivity index (χ3v) is 6.02. The molecule has 0 bridgehead atoms. The van der Waals surface area contributed by atoms with E-state index >= 15 is 0 Å². The minimum Gasteiger partial charge on any atom is -0.367 e. The Balaban J connectivity index is 1.51. The van der Waals surface area contributed by atoms with E-state index in [2.05, 4.69) is 31.0 Å². The number of carbonyl (C=O) groups excluding carboxylic acids is 1. The monoisotopic (exact) mass is 527 g/mol. The molecule has 0 spiro atoms. The zero-order valence-corrected chi connectivity index (χ0v) is 20.0. The zero-order chi connectivity index (χ0) is 25.2. The van der Waals surface area contributed by atoms with Crippen molar-refractivity contribution in [1.82, 2.24) is 25.1 Å². The highest BCUT2D eigenvalue weighted by molar-refractivity contribution is 6.35. The fourth-order valence-corrected chi connectivity index (χ4v) is 4.45. The second-order valence-corrected chi connectivity index (χ2v) is 9.18. The van der Waals surface area contributed by atoms with Crippen LogP contribution in [0.15, 0.2) is 36.8 Å². The van der Waals surface area contributed by atoms with Crippen LogP contribution in [0.3, 0.4) is 0 Å². The van der Waals surface area contributed by atoms with E-state index in [1.807, 2.05) is 6.20 Å². The molecule has 1 aromatic carbocycles. The minimum absolute atomic E-state index is 0.0483. The summed E-state index contributed by atoms with van der Waals surface area (Å²) in [6.07, 6.45) is 2.26. The first kappa shape index (κ1) is 25.1. The largest absolute Gasteiger partial charge is 0.471 e. The molecule has 0 aliphatic heterocycles. The maximum Gasteiger partial charge on any atom is 0.471 e. The lowest BCUT2D eigenvalue weighted by Crippen LogP contribution is -2.45. The molecule has 0 unspecified atom stereocenters. The van der Waals surface area contributed by atoms with Crippen LogP contribution in [0.5, 0.6) is 0 Å². The predicted molar refractivity (Wildman–Crippen MR) is 128 cm³/mol. The van der Waals surface area contributed by atoms with Gasteiger partial charge in [0.05, 0.1) is 6.20 Å². The molecule has 0 atom stereocenters. The number of alkyl halides is 3. The van der Waals surface area contributed by atoms with Crippen molar-refractivity contribution in [3.05, 3.63) is 46.8 Å². The summed E-state index contributed by atoms with van der Waals surface area (Å²) < 4.78 is 39.3. The molecule has 186 valence electrons. The third kappa shape index (κ3) is 6.55. The van der Waals surface area contributed by atoms with Gasteiger partial charge >= 0.3 is 12.1 Å². The number of anilines is 3. The summed E-state index contributed by atoms with van der Waals surface area (Å²) in [6.45, 7) is 0. The van der Waals surface area contributed by atoms with Gasteiger partial charge in [0, 0.05) is 58.4 Å². The van der Waals surface area contributed by atoms with Crippen molar-refractivity contribution in [3.63, 3.8) is 0 Å². The summed E-state index contributed by atoms with van der Waals surface area (Å²) in [5.41, 5.74) is 2.14. The number of nitrogens with zero attached hydrogens (tertiary/aromatic N) is 4. The molecule has 3 aromatic rings. The molecule has 0 radical (unpaired) electrons. The molecule has 1 fully saturated rings. The lowest BCUT2D eigenvalue weighted by molar-refractivity contribution is -0.174. The summed E-state index contributed by atoms with van der Waals surface area (Å²) in [4.78, 5) is 20.3. The number of aryl methyl sites for hydroxylation is 1. The number of benzene rings is 1. The molecule has 1 aliphatic carbocycles. The van der Waals surface area contributed by atoms with Gasteiger partial charge in [-0.1, -0.05) is 23.2 Å². The van der Waals surface area contributed by atoms with Gasteiger partial charge in [0.25, 0.3) is 0 Å². The number of hydrogen-bond donors (Lipinski definition) is 3. The summed E-state index contributed by atoms with van der Waals surface area (Å²) in [5.74, 6) is -1.04. The zero-order valence-electron chi connectivity index (χ0n) is 18.5. The van der Waals surface area contributed by atoms with Gasteiger partial charge in [-0.15, -0.1) is 0 Å². The normalized spacial score (nSPS) is 18.2. The van der Waals surface area contributed by atoms with Crippen molar-refractivity contribution in [2.75, 3.05) is 10.6 Å². The SMILES string of the molecule is Cn1cc(-c2cnc(Nc3cc(Cl)cc(Cl)c3)nc2N[C@H]2CC[C@@H](NC(=O)C(F)(F)F)CC2)cn1. The lowest BCUT2D eigenvalue weighted by atomic mass is 9.91. The highest BCUT2D eigenvalue weighted by Crippen LogP contribution is 2.31. The van der Waals surface area contributed by atoms with Crippen LogP contribution in [-0.4, -0.2) is 43.9 Å². The smallest absolute Gasteiger partial charge is 0.367 e. The van der Waals surface area contributed by atoms with Gasteiger partial charge in [0.15, 0.2) is 0 Å². The molecule has 0 saturated heterocycles. The standard InChI is InChI=1S/C22H22Cl2F3N7O/c1-34-11-12(9-29-34)18-10-28-21(32-17-7-13(23)6-14(24)8-17)33-19(18)30-15-2-4-16(5-3-15)31-20(35)22(25,26)27/h6-11,15-16H,2-5H2,1H3,(H,31,35)(H2,28,30,32,33)/t15-,16+. The molecule has 2 aromatic heterocycles. The molecule has 8 nitrogen and oxygen atoms in total. The van der Waals surface area contributed by atoms with E-state index in [-0.39, 0.29) is 6.04 Å². The van der Waals surface area contributed by atoms with Gasteiger partial charge in [-0.05, 0) is 43.9 Å². The number of carbonyl (C=O) groups is 1. The van der Waals surface area contributed by atoms with Crippen LogP contribution < -0.4 is 16.0 Å². The van der Waals surface area contributed by atoms with E-state index in [4.69, 9.17) is 23.2 Å². The first-order valence-electron chi connectivity index (χ1n) is 10.8. The van der Waals surface area contributed by atoms with Crippen LogP contribution in [-0.2, 0) is 11.8 Å². The van der Waals surface area contributed by atoms with Crippen LogP contribution in [0.2, 0.25) is 10.0 Å². The summed E-state index contributed by atoms with van der Waals surface area (Å²) in [7, 11) is 1.80. The Morgan fingerprint density at radius 1 is 1.06 bits per heavy atom. The average Bonchev–Trinajstić information content (AvgIpc) is 3.20. The van der Waals surface area contributed by atoms with Crippen molar-refractivity contribution in [2.45, 2.75) is 43.9 Å². The van der Waals surface area contributed by atoms with Gasteiger partial charge in [-0.25, -0.2) is 4.98 Å². The quantitative estimate of drug-likeness (QED) is 0.401. The molecule has 1 amide bonds. The van der Waals surface area contributed by atoms with Crippen molar-refractivity contribution in [3.8, 4) is 11.1 Å². The third-order valence-electron chi connectivity index (χ3n) is 5.58. The van der Waals surface area contributed by atoms with Gasteiger partial charge in [0.2, 0.25) is 5.95 Å². The summed E-state index contributed by atoms with van der Waals surface area (Å²) >= 11 is 12.2. The van der Waals surface area contributed by atoms with Gasteiger partial charge in [-0.3, -0.25) is 9.48 Å². The van der Waals surface area contributed by atoms with Gasteiger partial charge in [-0.2, -0.15) is 23.3 Å². The van der Waals surface area contributed by atoms with Crippen molar-refractivity contribution < 1.29 is 18.0 Å². The maximum absolute atomic E-state index is 12.5. The first-order chi connectivity index (χ1) is 16.6. The molecule has 4 rings (SSSR count). The minimum atomic E-state index is -4.88. The van der Waals surface area contributed by atoms with E-state index in [0.717, 1.165) is 11.1 Å². The number of amides is 1. The van der Waals surface area contributed by atoms with E-state index < -0.39 is 18.1 Å². The molecule has 1 aliphatic rings. The van der Waals surface area contributed by atoms with E-state index in [1.54, 1.807) is 42.3 Å². The molecule has 13 heteroatoms. The van der Waals surface area contributed by atoms with Crippen LogP contribution in [0.25, 0.3) is 11.1 Å². The number of halogens is 5. The number of rotatable bonds is 6. The Labute approximate surface area is 209 Å². The first-order valence-corrected chi connectivity index (χ1v) is 11.6. The number of aromatic nitrogens is 4. The average molecular weight is 528 g/mol. The highest BCUT2D eigenvalue weighted by Gasteiger charge is 2.40. The highest BCUT2D eigenvalue weighted by atomic mass is 35.5. The molecule has 1 saturated carbocycles. The Hall–Kier alpha value is -3.05. The van der Waals surface area contributed by atoms with Crippen LogP contribution in [0.1, 0.15) is 25.7 Å². The summed E-state index contributed by atoms with van der Waals surface area (Å²) in [5, 5.41) is 13.7. The van der Waals surface area contributed by atoms with Crippen LogP contribution in [0.4, 0.5) is 30.6 Å². The van der Waals surface area contributed by atoms with Crippen molar-refractivity contribution in [1.29, 1.82) is 0 Å². The van der Waals surface area contributed by atoms with E-state index in [9.17, 15) is 18.0 Å². The molecule has 3 N–H and O–H groups in total. The fraction of sp³-hybridized carbons (Fsp3) is 0.364. The Morgan fingerprint density at radius 2 is 1.71 bits per heavy atom. The van der Waals surface area contributed by atoms with Crippen molar-refractivity contribution >= 4 is 46.6 Å². The Morgan fingerprint density at radius 3 is 2.31 bits per heavy atom.